The van der Waals surface area contributed by atoms with Crippen LogP contribution >= 0.6 is 0 Å². The molecule has 0 radical (unpaired) electrons. The van der Waals surface area contributed by atoms with Gasteiger partial charge >= 0.3 is 6.09 Å². The molecule has 0 unspecified atom stereocenters. The summed E-state index contributed by atoms with van der Waals surface area (Å²) in [4.78, 5) is 10.4. The van der Waals surface area contributed by atoms with E-state index in [4.69, 9.17) is 5.11 Å². The third kappa shape index (κ3) is 2.63. The molecule has 1 aliphatic carbocycles. The van der Waals surface area contributed by atoms with Gasteiger partial charge in [0.05, 0.1) is 0 Å². The number of amides is 1. The average Bonchev–Trinajstić information content (AvgIpc) is 2.97. The normalized spacial score (nSPS) is 23.9. The van der Waals surface area contributed by atoms with E-state index in [2.05, 4.69) is 18.3 Å². The minimum Gasteiger partial charge on any atom is -0.465 e. The average molecular weight is 217 g/mol. The Bertz CT molecular complexity index is 411. The van der Waals surface area contributed by atoms with Crippen LogP contribution in [0.5, 0.6) is 0 Å². The van der Waals surface area contributed by atoms with Gasteiger partial charge in [0.15, 0.2) is 0 Å². The van der Waals surface area contributed by atoms with E-state index in [-0.39, 0.29) is 6.04 Å². The third-order valence-corrected chi connectivity index (χ3v) is 2.88. The number of rotatable bonds is 3. The molecule has 1 aromatic carbocycles. The highest BCUT2D eigenvalue weighted by Gasteiger charge is 2.39. The Morgan fingerprint density at radius 1 is 1.44 bits per heavy atom. The lowest BCUT2D eigenvalue weighted by molar-refractivity contribution is 0.193. The summed E-state index contributed by atoms with van der Waals surface area (Å²) >= 11 is 0. The molecule has 0 aliphatic heterocycles. The van der Waals surface area contributed by atoms with Crippen molar-refractivity contribution in [2.45, 2.75) is 19.4 Å². The Morgan fingerprint density at radius 2 is 2.12 bits per heavy atom. The van der Waals surface area contributed by atoms with E-state index >= 15 is 0 Å². The monoisotopic (exact) mass is 217 g/mol. The molecule has 0 saturated heterocycles. The smallest absolute Gasteiger partial charge is 0.404 e. The zero-order chi connectivity index (χ0) is 11.5. The summed E-state index contributed by atoms with van der Waals surface area (Å²) in [6, 6.07) is 10.2. The molecule has 2 N–H and O–H groups in total. The number of carbonyl (C=O) groups is 1. The summed E-state index contributed by atoms with van der Waals surface area (Å²) in [6.07, 6.45) is 2.11. The van der Waals surface area contributed by atoms with Crippen LogP contribution in [0.1, 0.15) is 18.9 Å². The Labute approximate surface area is 94.8 Å². The van der Waals surface area contributed by atoms with Crippen molar-refractivity contribution in [1.29, 1.82) is 0 Å². The third-order valence-electron chi connectivity index (χ3n) is 2.88. The first-order valence-electron chi connectivity index (χ1n) is 5.39. The Hall–Kier alpha value is -1.77. The summed E-state index contributed by atoms with van der Waals surface area (Å²) in [6.45, 7) is 2.06. The second-order valence-corrected chi connectivity index (χ2v) is 4.20. The SMILES string of the molecule is CC(=Cc1ccccc1)[C@@H]1C[C@H]1NC(=O)O. The van der Waals surface area contributed by atoms with Crippen LogP contribution in [-0.2, 0) is 0 Å². The molecule has 3 nitrogen and oxygen atoms in total. The molecule has 2 rings (SSSR count). The van der Waals surface area contributed by atoms with Gasteiger partial charge < -0.3 is 10.4 Å². The van der Waals surface area contributed by atoms with Crippen LogP contribution < -0.4 is 5.32 Å². The van der Waals surface area contributed by atoms with Crippen molar-refractivity contribution < 1.29 is 9.90 Å². The predicted octanol–water partition coefficient (Wildman–Crippen LogP) is 2.75. The van der Waals surface area contributed by atoms with E-state index in [1.165, 1.54) is 11.1 Å². The van der Waals surface area contributed by atoms with Crippen molar-refractivity contribution >= 4 is 12.2 Å². The molecule has 0 heterocycles. The van der Waals surface area contributed by atoms with E-state index in [0.29, 0.717) is 5.92 Å². The van der Waals surface area contributed by atoms with Crippen LogP contribution in [0.3, 0.4) is 0 Å². The molecule has 1 aromatic rings. The first-order valence-corrected chi connectivity index (χ1v) is 5.39. The van der Waals surface area contributed by atoms with Crippen molar-refractivity contribution in [3.8, 4) is 0 Å². The number of nitrogens with one attached hydrogen (secondary N) is 1. The molecule has 0 bridgehead atoms. The van der Waals surface area contributed by atoms with Crippen LogP contribution in [0.25, 0.3) is 6.08 Å². The van der Waals surface area contributed by atoms with E-state index in [1.54, 1.807) is 0 Å². The summed E-state index contributed by atoms with van der Waals surface area (Å²) in [5.74, 6) is 0.372. The number of hydrogen-bond acceptors (Lipinski definition) is 1. The first kappa shape index (κ1) is 10.7. The van der Waals surface area contributed by atoms with Crippen LogP contribution in [0.2, 0.25) is 0 Å². The number of benzene rings is 1. The largest absolute Gasteiger partial charge is 0.465 e. The van der Waals surface area contributed by atoms with Crippen LogP contribution in [-0.4, -0.2) is 17.2 Å². The van der Waals surface area contributed by atoms with Gasteiger partial charge in [0.1, 0.15) is 0 Å². The molecule has 84 valence electrons. The second-order valence-electron chi connectivity index (χ2n) is 4.20. The van der Waals surface area contributed by atoms with Gasteiger partial charge in [-0.1, -0.05) is 42.0 Å². The zero-order valence-corrected chi connectivity index (χ0v) is 9.18. The molecule has 0 aromatic heterocycles. The van der Waals surface area contributed by atoms with Gasteiger partial charge in [-0.2, -0.15) is 0 Å². The van der Waals surface area contributed by atoms with Crippen molar-refractivity contribution in [2.75, 3.05) is 0 Å². The Kier molecular flexibility index (Phi) is 2.95. The zero-order valence-electron chi connectivity index (χ0n) is 9.18. The fourth-order valence-electron chi connectivity index (χ4n) is 1.94. The van der Waals surface area contributed by atoms with Crippen LogP contribution in [0.4, 0.5) is 4.79 Å². The van der Waals surface area contributed by atoms with Crippen molar-refractivity contribution in [1.82, 2.24) is 5.32 Å². The summed E-state index contributed by atoms with van der Waals surface area (Å²) in [7, 11) is 0. The van der Waals surface area contributed by atoms with Gasteiger partial charge in [-0.15, -0.1) is 0 Å². The quantitative estimate of drug-likeness (QED) is 0.817. The highest BCUT2D eigenvalue weighted by atomic mass is 16.4. The molecule has 1 fully saturated rings. The minimum atomic E-state index is -0.931. The first-order chi connectivity index (χ1) is 7.66. The molecule has 0 spiro atoms. The van der Waals surface area contributed by atoms with E-state index in [1.807, 2.05) is 30.3 Å². The van der Waals surface area contributed by atoms with Gasteiger partial charge in [0.25, 0.3) is 0 Å². The van der Waals surface area contributed by atoms with Gasteiger partial charge in [-0.3, -0.25) is 0 Å². The maximum atomic E-state index is 10.4. The lowest BCUT2D eigenvalue weighted by Gasteiger charge is -2.01. The molecule has 16 heavy (non-hydrogen) atoms. The number of hydrogen-bond donors (Lipinski definition) is 2. The van der Waals surface area contributed by atoms with E-state index < -0.39 is 6.09 Å². The molecule has 1 amide bonds. The molecular formula is C13H15NO2. The molecule has 1 saturated carbocycles. The van der Waals surface area contributed by atoms with Gasteiger partial charge in [-0.25, -0.2) is 4.79 Å². The summed E-state index contributed by atoms with van der Waals surface area (Å²) in [5, 5.41) is 11.1. The fourth-order valence-corrected chi connectivity index (χ4v) is 1.94. The van der Waals surface area contributed by atoms with Crippen molar-refractivity contribution in [3.05, 3.63) is 41.5 Å². The van der Waals surface area contributed by atoms with E-state index in [9.17, 15) is 4.79 Å². The van der Waals surface area contributed by atoms with Crippen molar-refractivity contribution in [3.63, 3.8) is 0 Å². The lowest BCUT2D eigenvalue weighted by atomic mass is 10.1. The molecule has 2 atom stereocenters. The van der Waals surface area contributed by atoms with Gasteiger partial charge in [0, 0.05) is 12.0 Å². The highest BCUT2D eigenvalue weighted by molar-refractivity contribution is 5.66. The van der Waals surface area contributed by atoms with Gasteiger partial charge in [0.2, 0.25) is 0 Å². The fraction of sp³-hybridized carbons (Fsp3) is 0.308. The van der Waals surface area contributed by atoms with Gasteiger partial charge in [-0.05, 0) is 18.9 Å². The van der Waals surface area contributed by atoms with Crippen molar-refractivity contribution in [2.24, 2.45) is 5.92 Å². The number of carboxylic acid groups (broad SMARTS) is 1. The molecule has 1 aliphatic rings. The lowest BCUT2D eigenvalue weighted by Crippen LogP contribution is -2.24. The maximum absolute atomic E-state index is 10.4. The standard InChI is InChI=1S/C13H15NO2/c1-9(7-10-5-3-2-4-6-10)11-8-12(11)14-13(15)16/h2-7,11-12,14H,8H2,1H3,(H,15,16)/t11-,12+/m0/s1. The summed E-state index contributed by atoms with van der Waals surface area (Å²) in [5.41, 5.74) is 2.41. The Morgan fingerprint density at radius 3 is 2.75 bits per heavy atom. The van der Waals surface area contributed by atoms with Crippen LogP contribution in [0.15, 0.2) is 35.9 Å². The Balaban J connectivity index is 1.97. The minimum absolute atomic E-state index is 0.109. The van der Waals surface area contributed by atoms with Crippen LogP contribution in [0, 0.1) is 5.92 Å². The predicted molar refractivity (Wildman–Crippen MR) is 63.1 cm³/mol. The molecular weight excluding hydrogens is 202 g/mol. The topological polar surface area (TPSA) is 49.3 Å². The second kappa shape index (κ2) is 4.39. The maximum Gasteiger partial charge on any atom is 0.404 e. The summed E-state index contributed by atoms with van der Waals surface area (Å²) < 4.78 is 0. The molecule has 3 heteroatoms. The highest BCUT2D eigenvalue weighted by Crippen LogP contribution is 2.37. The van der Waals surface area contributed by atoms with E-state index in [0.717, 1.165) is 6.42 Å².